The third-order valence-corrected chi connectivity index (χ3v) is 3.25. The molecule has 1 aromatic rings. The fourth-order valence-electron chi connectivity index (χ4n) is 2.33. The summed E-state index contributed by atoms with van der Waals surface area (Å²) in [5.41, 5.74) is 0.775. The lowest BCUT2D eigenvalue weighted by molar-refractivity contribution is -0.138. The fourth-order valence-corrected chi connectivity index (χ4v) is 2.33. The number of piperidine rings is 1. The Balaban J connectivity index is 2.05. The predicted octanol–water partition coefficient (Wildman–Crippen LogP) is 2.03. The van der Waals surface area contributed by atoms with E-state index in [9.17, 15) is 9.59 Å². The first-order valence-electron chi connectivity index (χ1n) is 6.31. The fraction of sp³-hybridized carbons (Fsp3) is 0.429. The van der Waals surface area contributed by atoms with E-state index in [4.69, 9.17) is 0 Å². The van der Waals surface area contributed by atoms with Gasteiger partial charge in [-0.2, -0.15) is 0 Å². The standard InChI is InChI=1S/C14H18N2O2/c1-11(17)16-10-6-5-9-13(16)14(18)15-12-7-3-2-4-8-12/h2-4,7-8,13H,5-6,9-10H2,1H3,(H,15,18). The Labute approximate surface area is 107 Å². The molecule has 1 N–H and O–H groups in total. The first-order chi connectivity index (χ1) is 8.68. The van der Waals surface area contributed by atoms with Gasteiger partial charge in [-0.1, -0.05) is 18.2 Å². The smallest absolute Gasteiger partial charge is 0.247 e. The van der Waals surface area contributed by atoms with Crippen LogP contribution >= 0.6 is 0 Å². The third-order valence-electron chi connectivity index (χ3n) is 3.25. The maximum Gasteiger partial charge on any atom is 0.247 e. The van der Waals surface area contributed by atoms with Crippen molar-refractivity contribution in [2.75, 3.05) is 11.9 Å². The molecule has 1 aliphatic heterocycles. The van der Waals surface area contributed by atoms with Crippen molar-refractivity contribution in [3.05, 3.63) is 30.3 Å². The molecular weight excluding hydrogens is 228 g/mol. The maximum absolute atomic E-state index is 12.2. The minimum Gasteiger partial charge on any atom is -0.331 e. The molecule has 2 rings (SSSR count). The predicted molar refractivity (Wildman–Crippen MR) is 70.1 cm³/mol. The molecule has 0 saturated carbocycles. The lowest BCUT2D eigenvalue weighted by Gasteiger charge is -2.33. The van der Waals surface area contributed by atoms with Crippen molar-refractivity contribution in [1.82, 2.24) is 4.90 Å². The summed E-state index contributed by atoms with van der Waals surface area (Å²) in [5.74, 6) is -0.112. The van der Waals surface area contributed by atoms with Gasteiger partial charge in [-0.25, -0.2) is 0 Å². The minimum atomic E-state index is -0.323. The molecule has 1 aromatic carbocycles. The topological polar surface area (TPSA) is 49.4 Å². The number of para-hydroxylation sites is 1. The molecule has 0 radical (unpaired) electrons. The number of likely N-dealkylation sites (tertiary alicyclic amines) is 1. The van der Waals surface area contributed by atoms with Crippen LogP contribution in [0.3, 0.4) is 0 Å². The van der Waals surface area contributed by atoms with E-state index in [-0.39, 0.29) is 17.9 Å². The summed E-state index contributed by atoms with van der Waals surface area (Å²) >= 11 is 0. The second-order valence-electron chi connectivity index (χ2n) is 4.58. The average Bonchev–Trinajstić information content (AvgIpc) is 2.40. The quantitative estimate of drug-likeness (QED) is 0.868. The Morgan fingerprint density at radius 3 is 2.61 bits per heavy atom. The van der Waals surface area contributed by atoms with E-state index in [0.717, 1.165) is 24.9 Å². The van der Waals surface area contributed by atoms with Gasteiger partial charge in [0, 0.05) is 19.2 Å². The zero-order valence-electron chi connectivity index (χ0n) is 10.6. The van der Waals surface area contributed by atoms with Gasteiger partial charge < -0.3 is 10.2 Å². The monoisotopic (exact) mass is 246 g/mol. The van der Waals surface area contributed by atoms with Gasteiger partial charge in [-0.05, 0) is 31.4 Å². The SMILES string of the molecule is CC(=O)N1CCCCC1C(=O)Nc1ccccc1. The molecule has 1 aliphatic rings. The van der Waals surface area contributed by atoms with Crippen molar-refractivity contribution in [1.29, 1.82) is 0 Å². The van der Waals surface area contributed by atoms with Crippen LogP contribution in [-0.2, 0) is 9.59 Å². The van der Waals surface area contributed by atoms with Crippen LogP contribution in [0.15, 0.2) is 30.3 Å². The Hall–Kier alpha value is -1.84. The molecule has 1 unspecified atom stereocenters. The first kappa shape index (κ1) is 12.6. The second kappa shape index (κ2) is 5.67. The van der Waals surface area contributed by atoms with Crippen LogP contribution < -0.4 is 5.32 Å². The van der Waals surface area contributed by atoms with Crippen LogP contribution in [0.25, 0.3) is 0 Å². The van der Waals surface area contributed by atoms with Crippen molar-refractivity contribution in [3.63, 3.8) is 0 Å². The number of nitrogens with one attached hydrogen (secondary N) is 1. The van der Waals surface area contributed by atoms with Gasteiger partial charge in [0.25, 0.3) is 0 Å². The Kier molecular flexibility index (Phi) is 3.97. The molecule has 0 aliphatic carbocycles. The number of carbonyl (C=O) groups is 2. The lowest BCUT2D eigenvalue weighted by atomic mass is 10.0. The van der Waals surface area contributed by atoms with Crippen molar-refractivity contribution in [2.24, 2.45) is 0 Å². The lowest BCUT2D eigenvalue weighted by Crippen LogP contribution is -2.49. The highest BCUT2D eigenvalue weighted by Gasteiger charge is 2.30. The zero-order valence-corrected chi connectivity index (χ0v) is 10.6. The number of hydrogen-bond acceptors (Lipinski definition) is 2. The van der Waals surface area contributed by atoms with Crippen LogP contribution in [-0.4, -0.2) is 29.3 Å². The molecule has 1 fully saturated rings. The van der Waals surface area contributed by atoms with E-state index in [2.05, 4.69) is 5.32 Å². The van der Waals surface area contributed by atoms with E-state index in [1.807, 2.05) is 30.3 Å². The van der Waals surface area contributed by atoms with E-state index in [0.29, 0.717) is 6.54 Å². The normalized spacial score (nSPS) is 19.4. The molecule has 1 saturated heterocycles. The van der Waals surface area contributed by atoms with Gasteiger partial charge in [-0.3, -0.25) is 9.59 Å². The third kappa shape index (κ3) is 2.88. The number of rotatable bonds is 2. The van der Waals surface area contributed by atoms with Crippen molar-refractivity contribution >= 4 is 17.5 Å². The van der Waals surface area contributed by atoms with Crippen LogP contribution in [0.1, 0.15) is 26.2 Å². The Bertz CT molecular complexity index is 431. The number of hydrogen-bond donors (Lipinski definition) is 1. The van der Waals surface area contributed by atoms with E-state index in [1.54, 1.807) is 4.90 Å². The number of amides is 2. The molecule has 0 aromatic heterocycles. The molecule has 4 nitrogen and oxygen atoms in total. The van der Waals surface area contributed by atoms with Crippen molar-refractivity contribution in [2.45, 2.75) is 32.2 Å². The number of nitrogens with zero attached hydrogens (tertiary/aromatic N) is 1. The average molecular weight is 246 g/mol. The molecule has 1 heterocycles. The van der Waals surface area contributed by atoms with Gasteiger partial charge in [0.2, 0.25) is 11.8 Å². The van der Waals surface area contributed by atoms with Gasteiger partial charge in [0.05, 0.1) is 0 Å². The number of benzene rings is 1. The van der Waals surface area contributed by atoms with E-state index < -0.39 is 0 Å². The minimum absolute atomic E-state index is 0.0251. The summed E-state index contributed by atoms with van der Waals surface area (Å²) in [6, 6.07) is 9.02. The zero-order chi connectivity index (χ0) is 13.0. The molecule has 4 heteroatoms. The van der Waals surface area contributed by atoms with Gasteiger partial charge in [0.15, 0.2) is 0 Å². The summed E-state index contributed by atoms with van der Waals surface area (Å²) in [4.78, 5) is 25.4. The molecule has 0 spiro atoms. The number of anilines is 1. The molecule has 2 amide bonds. The molecule has 96 valence electrons. The molecule has 1 atom stereocenters. The highest BCUT2D eigenvalue weighted by atomic mass is 16.2. The molecule has 18 heavy (non-hydrogen) atoms. The molecule has 0 bridgehead atoms. The summed E-state index contributed by atoms with van der Waals surface area (Å²) in [6.07, 6.45) is 2.73. The summed E-state index contributed by atoms with van der Waals surface area (Å²) in [7, 11) is 0. The number of carbonyl (C=O) groups excluding carboxylic acids is 2. The maximum atomic E-state index is 12.2. The van der Waals surface area contributed by atoms with Gasteiger partial charge >= 0.3 is 0 Å². The van der Waals surface area contributed by atoms with Crippen molar-refractivity contribution in [3.8, 4) is 0 Å². The summed E-state index contributed by atoms with van der Waals surface area (Å²) in [6.45, 7) is 2.20. The second-order valence-corrected chi connectivity index (χ2v) is 4.58. The van der Waals surface area contributed by atoms with Crippen LogP contribution in [0.2, 0.25) is 0 Å². The highest BCUT2D eigenvalue weighted by molar-refractivity contribution is 5.97. The Morgan fingerprint density at radius 2 is 1.94 bits per heavy atom. The van der Waals surface area contributed by atoms with E-state index in [1.165, 1.54) is 6.92 Å². The van der Waals surface area contributed by atoms with Gasteiger partial charge in [-0.15, -0.1) is 0 Å². The highest BCUT2D eigenvalue weighted by Crippen LogP contribution is 2.19. The van der Waals surface area contributed by atoms with Crippen LogP contribution in [0.4, 0.5) is 5.69 Å². The van der Waals surface area contributed by atoms with Crippen molar-refractivity contribution < 1.29 is 9.59 Å². The van der Waals surface area contributed by atoms with E-state index >= 15 is 0 Å². The van der Waals surface area contributed by atoms with Crippen LogP contribution in [0.5, 0.6) is 0 Å². The first-order valence-corrected chi connectivity index (χ1v) is 6.31. The van der Waals surface area contributed by atoms with Gasteiger partial charge in [0.1, 0.15) is 6.04 Å². The molecular formula is C14H18N2O2. The largest absolute Gasteiger partial charge is 0.331 e. The summed E-state index contributed by atoms with van der Waals surface area (Å²) < 4.78 is 0. The Morgan fingerprint density at radius 1 is 1.22 bits per heavy atom. The van der Waals surface area contributed by atoms with Crippen LogP contribution in [0, 0.1) is 0 Å². The summed E-state index contributed by atoms with van der Waals surface area (Å²) in [5, 5.41) is 2.86.